The van der Waals surface area contributed by atoms with Crippen LogP contribution >= 0.6 is 0 Å². The van der Waals surface area contributed by atoms with Gasteiger partial charge in [0, 0.05) is 43.1 Å². The lowest BCUT2D eigenvalue weighted by Crippen LogP contribution is -2.08. The maximum absolute atomic E-state index is 4.90. The van der Waals surface area contributed by atoms with Crippen LogP contribution in [0.4, 0.5) is 5.69 Å². The zero-order valence-corrected chi connectivity index (χ0v) is 15.7. The zero-order chi connectivity index (χ0) is 19.1. The van der Waals surface area contributed by atoms with Gasteiger partial charge in [0.05, 0.1) is 11.2 Å². The summed E-state index contributed by atoms with van der Waals surface area (Å²) in [6, 6.07) is 22.6. The molecule has 0 fully saturated rings. The van der Waals surface area contributed by atoms with E-state index in [-0.39, 0.29) is 0 Å². The SMILES string of the molecule is CN(C)c1ccc(-c2nc3cccnc3n2-c2cccc3cccnc23)cc1. The number of nitrogens with zero attached hydrogens (tertiary/aromatic N) is 5. The third-order valence-electron chi connectivity index (χ3n) is 4.91. The van der Waals surface area contributed by atoms with Crippen LogP contribution in [0.3, 0.4) is 0 Å². The van der Waals surface area contributed by atoms with E-state index in [4.69, 9.17) is 4.98 Å². The first-order valence-electron chi connectivity index (χ1n) is 9.18. The van der Waals surface area contributed by atoms with Gasteiger partial charge in [0.1, 0.15) is 11.3 Å². The fourth-order valence-corrected chi connectivity index (χ4v) is 3.51. The molecule has 0 bridgehead atoms. The van der Waals surface area contributed by atoms with Crippen LogP contribution in [-0.4, -0.2) is 33.6 Å². The van der Waals surface area contributed by atoms with Gasteiger partial charge in [0.2, 0.25) is 0 Å². The molecule has 28 heavy (non-hydrogen) atoms. The fraction of sp³-hybridized carbons (Fsp3) is 0.0870. The maximum Gasteiger partial charge on any atom is 0.165 e. The summed E-state index contributed by atoms with van der Waals surface area (Å²) < 4.78 is 2.11. The molecular formula is C23H19N5. The van der Waals surface area contributed by atoms with Crippen LogP contribution in [0, 0.1) is 0 Å². The number of benzene rings is 2. The first kappa shape index (κ1) is 16.4. The number of fused-ring (bicyclic) bond motifs is 2. The van der Waals surface area contributed by atoms with Gasteiger partial charge in [0.15, 0.2) is 5.65 Å². The van der Waals surface area contributed by atoms with Gasteiger partial charge in [-0.25, -0.2) is 9.97 Å². The minimum atomic E-state index is 0.826. The second kappa shape index (κ2) is 6.46. The van der Waals surface area contributed by atoms with E-state index in [1.807, 2.05) is 44.6 Å². The standard InChI is InChI=1S/C23H19N5/c1-27(2)18-12-10-17(11-13-18)22-26-19-8-5-15-25-23(19)28(22)20-9-3-6-16-7-4-14-24-21(16)20/h3-15H,1-2H3. The third-order valence-corrected chi connectivity index (χ3v) is 4.91. The number of para-hydroxylation sites is 1. The lowest BCUT2D eigenvalue weighted by atomic mass is 10.1. The minimum Gasteiger partial charge on any atom is -0.378 e. The summed E-state index contributed by atoms with van der Waals surface area (Å²) in [4.78, 5) is 16.2. The number of anilines is 1. The van der Waals surface area contributed by atoms with Crippen molar-refractivity contribution in [3.8, 4) is 17.1 Å². The van der Waals surface area contributed by atoms with Gasteiger partial charge in [-0.3, -0.25) is 9.55 Å². The van der Waals surface area contributed by atoms with Crippen molar-refractivity contribution < 1.29 is 0 Å². The lowest BCUT2D eigenvalue weighted by molar-refractivity contribution is 1.08. The topological polar surface area (TPSA) is 46.8 Å². The van der Waals surface area contributed by atoms with Crippen LogP contribution in [0.2, 0.25) is 0 Å². The van der Waals surface area contributed by atoms with Gasteiger partial charge in [-0.1, -0.05) is 18.2 Å². The third kappa shape index (κ3) is 2.60. The molecule has 0 N–H and O–H groups in total. The van der Waals surface area contributed by atoms with Crippen LogP contribution < -0.4 is 4.90 Å². The molecule has 5 rings (SSSR count). The average Bonchev–Trinajstić information content (AvgIpc) is 3.13. The van der Waals surface area contributed by atoms with Crippen LogP contribution in [0.15, 0.2) is 79.1 Å². The Morgan fingerprint density at radius 1 is 0.786 bits per heavy atom. The molecule has 3 heterocycles. The Balaban J connectivity index is 1.82. The highest BCUT2D eigenvalue weighted by molar-refractivity contribution is 5.90. The monoisotopic (exact) mass is 365 g/mol. The molecule has 5 aromatic rings. The molecule has 0 spiro atoms. The van der Waals surface area contributed by atoms with Crippen LogP contribution in [0.1, 0.15) is 0 Å². The Labute approximate surface area is 162 Å². The Morgan fingerprint density at radius 3 is 2.36 bits per heavy atom. The molecule has 0 amide bonds. The van der Waals surface area contributed by atoms with E-state index >= 15 is 0 Å². The number of aromatic nitrogens is 4. The van der Waals surface area contributed by atoms with Crippen molar-refractivity contribution in [2.75, 3.05) is 19.0 Å². The van der Waals surface area contributed by atoms with E-state index in [0.717, 1.165) is 44.8 Å². The Kier molecular flexibility index (Phi) is 3.79. The number of pyridine rings is 2. The highest BCUT2D eigenvalue weighted by Gasteiger charge is 2.17. The summed E-state index contributed by atoms with van der Waals surface area (Å²) in [6.45, 7) is 0. The van der Waals surface area contributed by atoms with Crippen LogP contribution in [0.25, 0.3) is 39.1 Å². The molecule has 5 heteroatoms. The first-order chi connectivity index (χ1) is 13.7. The molecule has 0 radical (unpaired) electrons. The molecule has 0 aliphatic carbocycles. The van der Waals surface area contributed by atoms with Crippen molar-refractivity contribution >= 4 is 27.8 Å². The summed E-state index contributed by atoms with van der Waals surface area (Å²) in [7, 11) is 4.08. The van der Waals surface area contributed by atoms with Gasteiger partial charge in [-0.2, -0.15) is 0 Å². The molecule has 0 atom stereocenters. The van der Waals surface area contributed by atoms with Gasteiger partial charge in [-0.15, -0.1) is 0 Å². The van der Waals surface area contributed by atoms with Crippen LogP contribution in [-0.2, 0) is 0 Å². The van der Waals surface area contributed by atoms with Crippen LogP contribution in [0.5, 0.6) is 0 Å². The Hall–Kier alpha value is -3.73. The number of imidazole rings is 1. The molecule has 0 aliphatic rings. The smallest absolute Gasteiger partial charge is 0.165 e. The molecule has 0 unspecified atom stereocenters. The van der Waals surface area contributed by atoms with Crippen molar-refractivity contribution in [3.63, 3.8) is 0 Å². The lowest BCUT2D eigenvalue weighted by Gasteiger charge is -2.14. The Morgan fingerprint density at radius 2 is 1.54 bits per heavy atom. The second-order valence-corrected chi connectivity index (χ2v) is 6.91. The van der Waals surface area contributed by atoms with Crippen molar-refractivity contribution in [3.05, 3.63) is 79.1 Å². The number of rotatable bonds is 3. The summed E-state index contributed by atoms with van der Waals surface area (Å²) in [5, 5.41) is 1.09. The summed E-state index contributed by atoms with van der Waals surface area (Å²) in [6.07, 6.45) is 3.63. The molecule has 3 aromatic heterocycles. The van der Waals surface area contributed by atoms with Crippen molar-refractivity contribution in [2.24, 2.45) is 0 Å². The maximum atomic E-state index is 4.90. The molecule has 2 aromatic carbocycles. The fourth-order valence-electron chi connectivity index (χ4n) is 3.51. The number of hydrogen-bond acceptors (Lipinski definition) is 4. The van der Waals surface area contributed by atoms with Gasteiger partial charge < -0.3 is 4.90 Å². The van der Waals surface area contributed by atoms with Crippen molar-refractivity contribution in [1.82, 2.24) is 19.5 Å². The predicted molar refractivity (Wildman–Crippen MR) is 114 cm³/mol. The van der Waals surface area contributed by atoms with Gasteiger partial charge >= 0.3 is 0 Å². The minimum absolute atomic E-state index is 0.826. The Bertz CT molecular complexity index is 1280. The normalized spacial score (nSPS) is 11.2. The van der Waals surface area contributed by atoms with Crippen molar-refractivity contribution in [2.45, 2.75) is 0 Å². The van der Waals surface area contributed by atoms with Gasteiger partial charge in [0.25, 0.3) is 0 Å². The first-order valence-corrected chi connectivity index (χ1v) is 9.18. The largest absolute Gasteiger partial charge is 0.378 e. The molecule has 5 nitrogen and oxygen atoms in total. The highest BCUT2D eigenvalue weighted by atomic mass is 15.1. The predicted octanol–water partition coefficient (Wildman–Crippen LogP) is 4.70. The van der Waals surface area contributed by atoms with E-state index in [2.05, 4.69) is 61.9 Å². The van der Waals surface area contributed by atoms with E-state index in [0.29, 0.717) is 0 Å². The quantitative estimate of drug-likeness (QED) is 0.465. The molecule has 0 aliphatic heterocycles. The van der Waals surface area contributed by atoms with E-state index in [1.54, 1.807) is 6.20 Å². The highest BCUT2D eigenvalue weighted by Crippen LogP contribution is 2.31. The summed E-state index contributed by atoms with van der Waals surface area (Å²) in [5.41, 5.74) is 5.79. The summed E-state index contributed by atoms with van der Waals surface area (Å²) in [5.74, 6) is 0.858. The molecule has 0 saturated heterocycles. The van der Waals surface area contributed by atoms with E-state index in [1.165, 1.54) is 0 Å². The average molecular weight is 365 g/mol. The number of hydrogen-bond donors (Lipinski definition) is 0. The summed E-state index contributed by atoms with van der Waals surface area (Å²) >= 11 is 0. The molecule has 136 valence electrons. The van der Waals surface area contributed by atoms with Crippen molar-refractivity contribution in [1.29, 1.82) is 0 Å². The second-order valence-electron chi connectivity index (χ2n) is 6.91. The van der Waals surface area contributed by atoms with E-state index < -0.39 is 0 Å². The molecular weight excluding hydrogens is 346 g/mol. The molecule has 0 saturated carbocycles. The van der Waals surface area contributed by atoms with E-state index in [9.17, 15) is 0 Å². The van der Waals surface area contributed by atoms with Gasteiger partial charge in [-0.05, 0) is 48.5 Å². The zero-order valence-electron chi connectivity index (χ0n) is 15.7.